The van der Waals surface area contributed by atoms with Crippen LogP contribution in [0.2, 0.25) is 0 Å². The largest absolute Gasteiger partial charge is 0.454 e. The Morgan fingerprint density at radius 3 is 2.96 bits per heavy atom. The number of likely N-dealkylation sites (N-methyl/N-ethyl adjacent to an activating group) is 1. The number of nitrogens with zero attached hydrogens (tertiary/aromatic N) is 3. The number of unbranched alkanes of at least 4 members (excludes halogenated alkanes) is 1. The molecule has 6 nitrogen and oxygen atoms in total. The van der Waals surface area contributed by atoms with Crippen LogP contribution in [0.15, 0.2) is 28.7 Å². The predicted molar refractivity (Wildman–Crippen MR) is 90.8 cm³/mol. The van der Waals surface area contributed by atoms with Crippen molar-refractivity contribution >= 4 is 28.9 Å². The molecule has 0 bridgehead atoms. The minimum Gasteiger partial charge on any atom is -0.454 e. The number of rotatable bonds is 6. The van der Waals surface area contributed by atoms with E-state index in [1.165, 1.54) is 0 Å². The maximum absolute atomic E-state index is 12.8. The van der Waals surface area contributed by atoms with Gasteiger partial charge in [-0.2, -0.15) is 0 Å². The predicted octanol–water partition coefficient (Wildman–Crippen LogP) is 1.69. The van der Waals surface area contributed by atoms with Crippen molar-refractivity contribution in [3.05, 3.63) is 23.7 Å². The lowest BCUT2D eigenvalue weighted by atomic mass is 9.94. The summed E-state index contributed by atoms with van der Waals surface area (Å²) in [6.07, 6.45) is 5.84. The number of amides is 1. The zero-order chi connectivity index (χ0) is 16.4. The summed E-state index contributed by atoms with van der Waals surface area (Å²) in [6, 6.07) is 0. The minimum atomic E-state index is -0.428. The van der Waals surface area contributed by atoms with Crippen LogP contribution in [0.5, 0.6) is 0 Å². The number of carbonyl (C=O) groups excluding carboxylic acids is 1. The summed E-state index contributed by atoms with van der Waals surface area (Å²) in [7, 11) is 2.06. The Bertz CT molecular complexity index is 612. The number of carbonyl (C=O) groups is 1. The van der Waals surface area contributed by atoms with Gasteiger partial charge in [0, 0.05) is 19.2 Å². The second-order valence-corrected chi connectivity index (χ2v) is 6.25. The Balaban J connectivity index is 1.69. The van der Waals surface area contributed by atoms with Crippen LogP contribution >= 0.6 is 12.2 Å². The van der Waals surface area contributed by atoms with Gasteiger partial charge in [0.15, 0.2) is 11.5 Å². The average molecular weight is 335 g/mol. The highest BCUT2D eigenvalue weighted by molar-refractivity contribution is 7.80. The molecule has 3 aliphatic rings. The molecule has 1 aliphatic carbocycles. The van der Waals surface area contributed by atoms with Gasteiger partial charge in [0.1, 0.15) is 5.92 Å². The van der Waals surface area contributed by atoms with Crippen LogP contribution in [0.3, 0.4) is 0 Å². The number of ether oxygens (including phenoxy) is 2. The van der Waals surface area contributed by atoms with E-state index in [4.69, 9.17) is 21.7 Å². The lowest BCUT2D eigenvalue weighted by Crippen LogP contribution is -2.48. The van der Waals surface area contributed by atoms with Gasteiger partial charge in [-0.05, 0) is 38.3 Å². The molecule has 0 spiro atoms. The summed E-state index contributed by atoms with van der Waals surface area (Å²) in [5, 5.41) is 0.331. The van der Waals surface area contributed by atoms with Crippen molar-refractivity contribution in [3.63, 3.8) is 0 Å². The van der Waals surface area contributed by atoms with Crippen LogP contribution in [0.1, 0.15) is 19.8 Å². The number of hydrogen-bond donors (Lipinski definition) is 0. The first-order valence-electron chi connectivity index (χ1n) is 7.92. The Morgan fingerprint density at radius 1 is 1.39 bits per heavy atom. The molecule has 0 saturated carbocycles. The lowest BCUT2D eigenvalue weighted by Gasteiger charge is -2.31. The van der Waals surface area contributed by atoms with Gasteiger partial charge in [0.25, 0.3) is 0 Å². The molecule has 2 heterocycles. The van der Waals surface area contributed by atoms with Gasteiger partial charge in [0.05, 0.1) is 5.71 Å². The normalized spacial score (nSPS) is 22.8. The van der Waals surface area contributed by atoms with Crippen molar-refractivity contribution in [1.82, 2.24) is 9.80 Å². The number of thiocarbonyl (C=S) groups is 1. The van der Waals surface area contributed by atoms with E-state index in [0.29, 0.717) is 28.9 Å². The van der Waals surface area contributed by atoms with Gasteiger partial charge >= 0.3 is 0 Å². The van der Waals surface area contributed by atoms with E-state index in [0.717, 1.165) is 25.9 Å². The molecule has 1 fully saturated rings. The van der Waals surface area contributed by atoms with Gasteiger partial charge in [0.2, 0.25) is 17.8 Å². The summed E-state index contributed by atoms with van der Waals surface area (Å²) >= 11 is 5.31. The highest BCUT2D eigenvalue weighted by Gasteiger charge is 2.38. The standard InChI is InChI=1S/C16H21N3O3S/c1-3-4-5-18(2)6-7-19-15(20)11-8-13-14(22-10-21-13)9-12(11)17-16(19)23/h8-9,11H,3-7,10H2,1-2H3. The molecule has 0 aromatic heterocycles. The fourth-order valence-corrected chi connectivity index (χ4v) is 3.04. The molecule has 0 aromatic carbocycles. The Kier molecular flexibility index (Phi) is 4.77. The summed E-state index contributed by atoms with van der Waals surface area (Å²) in [6.45, 7) is 4.70. The third-order valence-electron chi connectivity index (χ3n) is 4.17. The van der Waals surface area contributed by atoms with Gasteiger partial charge < -0.3 is 14.4 Å². The molecule has 1 saturated heterocycles. The van der Waals surface area contributed by atoms with Crippen LogP contribution in [0.4, 0.5) is 0 Å². The minimum absolute atomic E-state index is 0.0396. The maximum atomic E-state index is 12.8. The molecular formula is C16H21N3O3S. The second-order valence-electron chi connectivity index (χ2n) is 5.89. The van der Waals surface area contributed by atoms with E-state index in [2.05, 4.69) is 23.9 Å². The number of aliphatic imine (C=N–C) groups is 1. The highest BCUT2D eigenvalue weighted by atomic mass is 32.1. The molecule has 3 rings (SSSR count). The number of allylic oxidation sites excluding steroid dienone is 1. The van der Waals surface area contributed by atoms with Crippen LogP contribution in [0, 0.1) is 5.92 Å². The molecular weight excluding hydrogens is 314 g/mol. The van der Waals surface area contributed by atoms with Crippen LogP contribution in [0.25, 0.3) is 0 Å². The zero-order valence-electron chi connectivity index (χ0n) is 13.4. The highest BCUT2D eigenvalue weighted by Crippen LogP contribution is 2.31. The van der Waals surface area contributed by atoms with E-state index < -0.39 is 5.92 Å². The summed E-state index contributed by atoms with van der Waals surface area (Å²) in [5.74, 6) is 0.781. The van der Waals surface area contributed by atoms with Gasteiger partial charge in [-0.1, -0.05) is 13.3 Å². The molecule has 1 atom stereocenters. The van der Waals surface area contributed by atoms with Crippen molar-refractivity contribution in [3.8, 4) is 0 Å². The first-order valence-corrected chi connectivity index (χ1v) is 8.33. The van der Waals surface area contributed by atoms with Crippen LogP contribution in [-0.4, -0.2) is 60.0 Å². The van der Waals surface area contributed by atoms with Crippen molar-refractivity contribution in [1.29, 1.82) is 0 Å². The lowest BCUT2D eigenvalue weighted by molar-refractivity contribution is -0.128. The van der Waals surface area contributed by atoms with Crippen molar-refractivity contribution < 1.29 is 14.3 Å². The molecule has 0 N–H and O–H groups in total. The third kappa shape index (κ3) is 3.30. The van der Waals surface area contributed by atoms with Gasteiger partial charge in [-0.3, -0.25) is 9.69 Å². The van der Waals surface area contributed by atoms with Crippen molar-refractivity contribution in [2.75, 3.05) is 33.5 Å². The molecule has 1 amide bonds. The quantitative estimate of drug-likeness (QED) is 0.692. The van der Waals surface area contributed by atoms with E-state index in [1.54, 1.807) is 17.1 Å². The van der Waals surface area contributed by atoms with E-state index in [9.17, 15) is 4.79 Å². The van der Waals surface area contributed by atoms with Gasteiger partial charge in [-0.25, -0.2) is 4.99 Å². The van der Waals surface area contributed by atoms with E-state index >= 15 is 0 Å². The molecule has 23 heavy (non-hydrogen) atoms. The summed E-state index contributed by atoms with van der Waals surface area (Å²) in [5.41, 5.74) is 0.639. The summed E-state index contributed by atoms with van der Waals surface area (Å²) < 4.78 is 10.7. The monoisotopic (exact) mass is 335 g/mol. The molecule has 2 aliphatic heterocycles. The number of hydrogen-bond acceptors (Lipinski definition) is 5. The first-order chi connectivity index (χ1) is 11.1. The van der Waals surface area contributed by atoms with Crippen LogP contribution < -0.4 is 0 Å². The maximum Gasteiger partial charge on any atom is 0.241 e. The SMILES string of the molecule is CCCCN(C)CCN1C(=O)C2C=C3OCOC3=CC2=NC1=S. The molecule has 124 valence electrons. The summed E-state index contributed by atoms with van der Waals surface area (Å²) in [4.78, 5) is 21.0. The molecule has 0 aromatic rings. The number of fused-ring (bicyclic) bond motifs is 2. The molecule has 1 unspecified atom stereocenters. The van der Waals surface area contributed by atoms with Crippen molar-refractivity contribution in [2.45, 2.75) is 19.8 Å². The second kappa shape index (κ2) is 6.80. The molecule has 0 radical (unpaired) electrons. The fraction of sp³-hybridized carbons (Fsp3) is 0.562. The Morgan fingerprint density at radius 2 is 2.17 bits per heavy atom. The smallest absolute Gasteiger partial charge is 0.241 e. The topological polar surface area (TPSA) is 54.4 Å². The van der Waals surface area contributed by atoms with Crippen molar-refractivity contribution in [2.24, 2.45) is 10.9 Å². The Hall–Kier alpha value is -1.73. The van der Waals surface area contributed by atoms with Gasteiger partial charge in [-0.15, -0.1) is 0 Å². The fourth-order valence-electron chi connectivity index (χ4n) is 2.75. The van der Waals surface area contributed by atoms with E-state index in [1.807, 2.05) is 0 Å². The molecule has 7 heteroatoms. The Labute approximate surface area is 141 Å². The average Bonchev–Trinajstić information content (AvgIpc) is 2.98. The zero-order valence-corrected chi connectivity index (χ0v) is 14.3. The first kappa shape index (κ1) is 16.1. The third-order valence-corrected chi connectivity index (χ3v) is 4.49. The van der Waals surface area contributed by atoms with E-state index in [-0.39, 0.29) is 12.7 Å². The van der Waals surface area contributed by atoms with Crippen LogP contribution in [-0.2, 0) is 14.3 Å².